The summed E-state index contributed by atoms with van der Waals surface area (Å²) < 4.78 is 5.12. The maximum absolute atomic E-state index is 12.6. The topological polar surface area (TPSA) is 73.3 Å². The van der Waals surface area contributed by atoms with Gasteiger partial charge in [-0.3, -0.25) is 14.6 Å². The summed E-state index contributed by atoms with van der Waals surface area (Å²) in [6.45, 7) is 7.41. The minimum atomic E-state index is -0.410. The van der Waals surface area contributed by atoms with E-state index in [4.69, 9.17) is 9.84 Å². The Labute approximate surface area is 138 Å². The number of piperidine rings is 1. The molecule has 7 nitrogen and oxygen atoms in total. The van der Waals surface area contributed by atoms with Crippen molar-refractivity contribution < 1.29 is 19.4 Å². The Bertz CT molecular complexity index is 397. The van der Waals surface area contributed by atoms with Crippen LogP contribution in [-0.2, 0) is 14.3 Å². The van der Waals surface area contributed by atoms with Crippen LogP contribution in [0.25, 0.3) is 0 Å². The molecule has 2 aliphatic heterocycles. The lowest BCUT2D eigenvalue weighted by molar-refractivity contribution is -0.157. The van der Waals surface area contributed by atoms with E-state index in [1.54, 1.807) is 11.8 Å². The Morgan fingerprint density at radius 2 is 1.78 bits per heavy atom. The minimum Gasteiger partial charge on any atom is -0.464 e. The van der Waals surface area contributed by atoms with E-state index in [2.05, 4.69) is 9.80 Å². The van der Waals surface area contributed by atoms with Crippen LogP contribution in [0.3, 0.4) is 0 Å². The number of hydrogen-bond donors (Lipinski definition) is 1. The Kier molecular flexibility index (Phi) is 7.26. The second-order valence-corrected chi connectivity index (χ2v) is 6.19. The van der Waals surface area contributed by atoms with Gasteiger partial charge in [0.05, 0.1) is 19.8 Å². The molecule has 0 aliphatic carbocycles. The summed E-state index contributed by atoms with van der Waals surface area (Å²) >= 11 is 0. The van der Waals surface area contributed by atoms with Crippen LogP contribution in [0, 0.1) is 0 Å². The van der Waals surface area contributed by atoms with Crippen molar-refractivity contribution in [1.29, 1.82) is 0 Å². The van der Waals surface area contributed by atoms with Gasteiger partial charge in [0.25, 0.3) is 0 Å². The Hall–Kier alpha value is -1.18. The standard InChI is InChI=1S/C16H29N3O4/c1-2-23-16(22)14-5-3-4-6-19(14)15(21)13-18-9-7-17(8-10-18)11-12-20/h14,20H,2-13H2,1H3. The summed E-state index contributed by atoms with van der Waals surface area (Å²) in [5.41, 5.74) is 0. The predicted octanol–water partition coefficient (Wildman–Crippen LogP) is -0.459. The first-order chi connectivity index (χ1) is 11.2. The molecule has 0 aromatic rings. The van der Waals surface area contributed by atoms with Gasteiger partial charge in [0.2, 0.25) is 5.91 Å². The van der Waals surface area contributed by atoms with Crippen molar-refractivity contribution in [2.75, 3.05) is 59.0 Å². The summed E-state index contributed by atoms with van der Waals surface area (Å²) in [7, 11) is 0. The third-order valence-electron chi connectivity index (χ3n) is 4.62. The number of carbonyl (C=O) groups excluding carboxylic acids is 2. The van der Waals surface area contributed by atoms with Crippen molar-refractivity contribution in [1.82, 2.24) is 14.7 Å². The van der Waals surface area contributed by atoms with Crippen molar-refractivity contribution in [2.24, 2.45) is 0 Å². The zero-order valence-electron chi connectivity index (χ0n) is 14.1. The first-order valence-corrected chi connectivity index (χ1v) is 8.67. The van der Waals surface area contributed by atoms with Crippen LogP contribution >= 0.6 is 0 Å². The third kappa shape index (κ3) is 5.16. The van der Waals surface area contributed by atoms with Crippen LogP contribution in [0.2, 0.25) is 0 Å². The fraction of sp³-hybridized carbons (Fsp3) is 0.875. The van der Waals surface area contributed by atoms with Crippen LogP contribution in [0.15, 0.2) is 0 Å². The van der Waals surface area contributed by atoms with Gasteiger partial charge < -0.3 is 14.7 Å². The van der Waals surface area contributed by atoms with Crippen LogP contribution in [0.4, 0.5) is 0 Å². The molecule has 0 aromatic heterocycles. The van der Waals surface area contributed by atoms with Crippen molar-refractivity contribution in [2.45, 2.75) is 32.2 Å². The van der Waals surface area contributed by atoms with Gasteiger partial charge in [-0.1, -0.05) is 0 Å². The quantitative estimate of drug-likeness (QED) is 0.666. The molecule has 1 atom stereocenters. The molecule has 2 fully saturated rings. The molecule has 0 spiro atoms. The molecule has 0 radical (unpaired) electrons. The number of carbonyl (C=O) groups is 2. The highest BCUT2D eigenvalue weighted by molar-refractivity contribution is 5.85. The Balaban J connectivity index is 1.84. The lowest BCUT2D eigenvalue weighted by Crippen LogP contribution is -2.54. The summed E-state index contributed by atoms with van der Waals surface area (Å²) in [6, 6.07) is -0.410. The number of rotatable bonds is 6. The number of likely N-dealkylation sites (tertiary alicyclic amines) is 1. The van der Waals surface area contributed by atoms with Gasteiger partial charge in [-0.15, -0.1) is 0 Å². The van der Waals surface area contributed by atoms with Crippen molar-refractivity contribution in [3.8, 4) is 0 Å². The minimum absolute atomic E-state index is 0.0263. The van der Waals surface area contributed by atoms with Crippen LogP contribution in [0.5, 0.6) is 0 Å². The highest BCUT2D eigenvalue weighted by Gasteiger charge is 2.33. The molecule has 2 aliphatic rings. The SMILES string of the molecule is CCOC(=O)C1CCCCN1C(=O)CN1CCN(CCO)CC1. The van der Waals surface area contributed by atoms with Gasteiger partial charge in [0.15, 0.2) is 0 Å². The van der Waals surface area contributed by atoms with Gasteiger partial charge in [0, 0.05) is 39.3 Å². The zero-order valence-corrected chi connectivity index (χ0v) is 14.1. The third-order valence-corrected chi connectivity index (χ3v) is 4.62. The summed E-state index contributed by atoms with van der Waals surface area (Å²) in [4.78, 5) is 30.7. The maximum Gasteiger partial charge on any atom is 0.328 e. The smallest absolute Gasteiger partial charge is 0.328 e. The largest absolute Gasteiger partial charge is 0.464 e. The molecule has 1 N–H and O–H groups in total. The number of β-amino-alcohol motifs (C(OH)–C–C–N with tert-alkyl or cyclic N) is 1. The molecule has 1 amide bonds. The van der Waals surface area contributed by atoms with Gasteiger partial charge in [-0.05, 0) is 26.2 Å². The molecule has 0 bridgehead atoms. The van der Waals surface area contributed by atoms with Crippen LogP contribution < -0.4 is 0 Å². The van der Waals surface area contributed by atoms with Crippen molar-refractivity contribution >= 4 is 11.9 Å². The summed E-state index contributed by atoms with van der Waals surface area (Å²) in [5.74, 6) is -0.244. The van der Waals surface area contributed by atoms with Crippen LogP contribution in [-0.4, -0.2) is 96.8 Å². The predicted molar refractivity (Wildman–Crippen MR) is 86.0 cm³/mol. The first-order valence-electron chi connectivity index (χ1n) is 8.67. The molecule has 7 heteroatoms. The molecule has 2 heterocycles. The second-order valence-electron chi connectivity index (χ2n) is 6.19. The Morgan fingerprint density at radius 1 is 1.09 bits per heavy atom. The Morgan fingerprint density at radius 3 is 2.43 bits per heavy atom. The molecular weight excluding hydrogens is 298 g/mol. The van der Waals surface area contributed by atoms with E-state index >= 15 is 0 Å². The molecule has 1 unspecified atom stereocenters. The average Bonchev–Trinajstić information content (AvgIpc) is 2.57. The van der Waals surface area contributed by atoms with Gasteiger partial charge >= 0.3 is 5.97 Å². The average molecular weight is 327 g/mol. The first kappa shape index (κ1) is 18.2. The second kappa shape index (κ2) is 9.20. The molecule has 2 rings (SSSR count). The number of esters is 1. The molecule has 0 saturated carbocycles. The summed E-state index contributed by atoms with van der Waals surface area (Å²) in [5, 5.41) is 8.97. The number of amides is 1. The molecular formula is C16H29N3O4. The fourth-order valence-electron chi connectivity index (χ4n) is 3.31. The molecule has 0 aromatic carbocycles. The highest BCUT2D eigenvalue weighted by Crippen LogP contribution is 2.19. The van der Waals surface area contributed by atoms with Crippen LogP contribution in [0.1, 0.15) is 26.2 Å². The van der Waals surface area contributed by atoms with E-state index in [1.807, 2.05) is 0 Å². The molecule has 23 heavy (non-hydrogen) atoms. The van der Waals surface area contributed by atoms with E-state index in [1.165, 1.54) is 0 Å². The maximum atomic E-state index is 12.6. The normalized spacial score (nSPS) is 23.7. The van der Waals surface area contributed by atoms with E-state index in [0.717, 1.165) is 39.0 Å². The number of piperazine rings is 1. The van der Waals surface area contributed by atoms with Crippen molar-refractivity contribution in [3.63, 3.8) is 0 Å². The fourth-order valence-corrected chi connectivity index (χ4v) is 3.31. The number of nitrogens with zero attached hydrogens (tertiary/aromatic N) is 3. The number of aliphatic hydroxyl groups excluding tert-OH is 1. The van der Waals surface area contributed by atoms with E-state index < -0.39 is 6.04 Å². The van der Waals surface area contributed by atoms with Gasteiger partial charge in [-0.25, -0.2) is 4.79 Å². The molecule has 132 valence electrons. The van der Waals surface area contributed by atoms with Crippen molar-refractivity contribution in [3.05, 3.63) is 0 Å². The summed E-state index contributed by atoms with van der Waals surface area (Å²) in [6.07, 6.45) is 2.62. The van der Waals surface area contributed by atoms with E-state index in [-0.39, 0.29) is 18.5 Å². The van der Waals surface area contributed by atoms with E-state index in [9.17, 15) is 9.59 Å². The lowest BCUT2D eigenvalue weighted by atomic mass is 10.0. The number of aliphatic hydroxyl groups is 1. The molecule has 2 saturated heterocycles. The number of ether oxygens (including phenoxy) is 1. The monoisotopic (exact) mass is 327 g/mol. The number of hydrogen-bond acceptors (Lipinski definition) is 6. The van der Waals surface area contributed by atoms with E-state index in [0.29, 0.717) is 32.7 Å². The highest BCUT2D eigenvalue weighted by atomic mass is 16.5. The van der Waals surface area contributed by atoms with Gasteiger partial charge in [-0.2, -0.15) is 0 Å². The van der Waals surface area contributed by atoms with Gasteiger partial charge in [0.1, 0.15) is 6.04 Å². The lowest BCUT2D eigenvalue weighted by Gasteiger charge is -2.38. The zero-order chi connectivity index (χ0) is 16.7.